The van der Waals surface area contributed by atoms with Gasteiger partial charge in [0.15, 0.2) is 0 Å². The van der Waals surface area contributed by atoms with Crippen LogP contribution in [0.15, 0.2) is 60.7 Å². The van der Waals surface area contributed by atoms with Crippen LogP contribution in [0.25, 0.3) is 6.08 Å². The predicted molar refractivity (Wildman–Crippen MR) is 80.0 cm³/mol. The van der Waals surface area contributed by atoms with Gasteiger partial charge in [-0.1, -0.05) is 66.5 Å². The van der Waals surface area contributed by atoms with Crippen LogP contribution in [0.4, 0.5) is 0 Å². The summed E-state index contributed by atoms with van der Waals surface area (Å²) in [5.41, 5.74) is 2.12. The zero-order valence-electron chi connectivity index (χ0n) is 11.0. The molecule has 0 aliphatic carbocycles. The molecular formula is C18H16O. The minimum atomic E-state index is 0.729. The van der Waals surface area contributed by atoms with Crippen LogP contribution in [-0.2, 0) is 0 Å². The van der Waals surface area contributed by atoms with Gasteiger partial charge in [-0.2, -0.15) is 0 Å². The van der Waals surface area contributed by atoms with Gasteiger partial charge in [0.1, 0.15) is 5.75 Å². The maximum atomic E-state index is 5.25. The van der Waals surface area contributed by atoms with Gasteiger partial charge >= 0.3 is 0 Å². The molecule has 0 fully saturated rings. The van der Waals surface area contributed by atoms with E-state index in [-0.39, 0.29) is 0 Å². The fourth-order valence-electron chi connectivity index (χ4n) is 1.71. The van der Waals surface area contributed by atoms with E-state index in [4.69, 9.17) is 4.74 Å². The molecule has 0 aliphatic rings. The molecule has 94 valence electrons. The molecule has 2 aromatic rings. The minimum absolute atomic E-state index is 0.729. The molecule has 1 nitrogen and oxygen atoms in total. The van der Waals surface area contributed by atoms with Gasteiger partial charge in [0.05, 0.1) is 12.7 Å². The molecule has 2 rings (SSSR count). The largest absolute Gasteiger partial charge is 0.495 e. The van der Waals surface area contributed by atoms with Crippen LogP contribution in [0.5, 0.6) is 5.75 Å². The van der Waals surface area contributed by atoms with E-state index in [9.17, 15) is 0 Å². The number of benzene rings is 2. The lowest BCUT2D eigenvalue weighted by Gasteiger charge is -2.00. The summed E-state index contributed by atoms with van der Waals surface area (Å²) in [6.07, 6.45) is 4.88. The van der Waals surface area contributed by atoms with Gasteiger partial charge in [-0.15, -0.1) is 0 Å². The van der Waals surface area contributed by atoms with Crippen molar-refractivity contribution in [2.45, 2.75) is 6.42 Å². The Bertz CT molecular complexity index is 600. The molecule has 0 spiro atoms. The lowest BCUT2D eigenvalue weighted by molar-refractivity contribution is 0.413. The lowest BCUT2D eigenvalue weighted by atomic mass is 10.2. The molecule has 0 saturated heterocycles. The molecule has 0 atom stereocenters. The van der Waals surface area contributed by atoms with Crippen LogP contribution in [0.2, 0.25) is 0 Å². The highest BCUT2D eigenvalue weighted by atomic mass is 16.5. The number of hydrogen-bond donors (Lipinski definition) is 0. The minimum Gasteiger partial charge on any atom is -0.495 e. The maximum absolute atomic E-state index is 5.25. The lowest BCUT2D eigenvalue weighted by Crippen LogP contribution is -1.86. The molecule has 0 unspecified atom stereocenters. The maximum Gasteiger partial charge on any atom is 0.134 e. The van der Waals surface area contributed by atoms with Crippen molar-refractivity contribution < 1.29 is 4.74 Å². The Morgan fingerprint density at radius 2 is 1.74 bits per heavy atom. The van der Waals surface area contributed by atoms with Crippen LogP contribution in [0.1, 0.15) is 17.5 Å². The van der Waals surface area contributed by atoms with Crippen LogP contribution >= 0.6 is 0 Å². The number of rotatable bonds is 3. The van der Waals surface area contributed by atoms with E-state index < -0.39 is 0 Å². The summed E-state index contributed by atoms with van der Waals surface area (Å²) in [6, 6.07) is 18.0. The second-order valence-electron chi connectivity index (χ2n) is 4.02. The first-order chi connectivity index (χ1) is 9.40. The summed E-state index contributed by atoms with van der Waals surface area (Å²) in [5.74, 6) is 7.08. The summed E-state index contributed by atoms with van der Waals surface area (Å²) in [4.78, 5) is 0. The van der Waals surface area contributed by atoms with Crippen molar-refractivity contribution in [3.63, 3.8) is 0 Å². The van der Waals surface area contributed by atoms with Crippen molar-refractivity contribution >= 4 is 6.08 Å². The molecule has 0 amide bonds. The van der Waals surface area contributed by atoms with E-state index in [0.29, 0.717) is 0 Å². The molecule has 19 heavy (non-hydrogen) atoms. The average molecular weight is 248 g/mol. The summed E-state index contributed by atoms with van der Waals surface area (Å²) in [7, 11) is 1.66. The quantitative estimate of drug-likeness (QED) is 0.741. The van der Waals surface area contributed by atoms with Crippen molar-refractivity contribution in [3.05, 3.63) is 71.8 Å². The zero-order chi connectivity index (χ0) is 13.3. The van der Waals surface area contributed by atoms with Crippen molar-refractivity contribution in [1.82, 2.24) is 0 Å². The molecule has 1 heteroatoms. The zero-order valence-corrected chi connectivity index (χ0v) is 11.0. The van der Waals surface area contributed by atoms with Crippen LogP contribution in [0.3, 0.4) is 0 Å². The first-order valence-electron chi connectivity index (χ1n) is 6.23. The summed E-state index contributed by atoms with van der Waals surface area (Å²) >= 11 is 0. The molecule has 0 bridgehead atoms. The van der Waals surface area contributed by atoms with E-state index in [2.05, 4.69) is 36.1 Å². The fourth-order valence-corrected chi connectivity index (χ4v) is 1.71. The number of methoxy groups -OCH3 is 1. The van der Waals surface area contributed by atoms with E-state index in [0.717, 1.165) is 17.7 Å². The van der Waals surface area contributed by atoms with Gasteiger partial charge in [0.2, 0.25) is 0 Å². The predicted octanol–water partition coefficient (Wildman–Crippen LogP) is 4.15. The van der Waals surface area contributed by atoms with Crippen LogP contribution in [0, 0.1) is 11.8 Å². The topological polar surface area (TPSA) is 9.23 Å². The molecule has 0 saturated carbocycles. The Morgan fingerprint density at radius 3 is 2.53 bits per heavy atom. The number of hydrogen-bond acceptors (Lipinski definition) is 1. The smallest absolute Gasteiger partial charge is 0.134 e. The molecule has 0 heterocycles. The monoisotopic (exact) mass is 248 g/mol. The van der Waals surface area contributed by atoms with Crippen LogP contribution < -0.4 is 4.74 Å². The van der Waals surface area contributed by atoms with E-state index >= 15 is 0 Å². The highest BCUT2D eigenvalue weighted by Gasteiger charge is 1.95. The summed E-state index contributed by atoms with van der Waals surface area (Å²) in [5, 5.41) is 0. The average Bonchev–Trinajstić information content (AvgIpc) is 2.48. The van der Waals surface area contributed by atoms with E-state index in [1.54, 1.807) is 7.11 Å². The first-order valence-corrected chi connectivity index (χ1v) is 6.23. The molecular weight excluding hydrogens is 232 g/mol. The van der Waals surface area contributed by atoms with Crippen molar-refractivity contribution in [3.8, 4) is 17.6 Å². The Labute approximate surface area is 114 Å². The number of ether oxygens (including phenoxy) is 1. The molecule has 0 aromatic heterocycles. The molecule has 0 aliphatic heterocycles. The molecule has 2 aromatic carbocycles. The SMILES string of the molecule is COc1ccccc1C#CC/C=C/c1ccccc1. The third-order valence-electron chi connectivity index (χ3n) is 2.66. The standard InChI is InChI=1S/C18H16O/c1-19-18-15-9-8-14-17(18)13-7-3-6-12-16-10-4-2-5-11-16/h2,4-6,8-12,14-15H,3H2,1H3/b12-6+. The molecule has 0 radical (unpaired) electrons. The van der Waals surface area contributed by atoms with Crippen molar-refractivity contribution in [1.29, 1.82) is 0 Å². The fraction of sp³-hybridized carbons (Fsp3) is 0.111. The Hall–Kier alpha value is -2.46. The van der Waals surface area contributed by atoms with E-state index in [1.807, 2.05) is 42.5 Å². The summed E-state index contributed by atoms with van der Waals surface area (Å²) in [6.45, 7) is 0. The number of allylic oxidation sites excluding steroid dienone is 1. The number of para-hydroxylation sites is 1. The van der Waals surface area contributed by atoms with Crippen molar-refractivity contribution in [2.24, 2.45) is 0 Å². The third kappa shape index (κ3) is 4.04. The van der Waals surface area contributed by atoms with Gasteiger partial charge in [-0.25, -0.2) is 0 Å². The van der Waals surface area contributed by atoms with Crippen molar-refractivity contribution in [2.75, 3.05) is 7.11 Å². The Morgan fingerprint density at radius 1 is 1.00 bits per heavy atom. The second kappa shape index (κ2) is 7.08. The van der Waals surface area contributed by atoms with Crippen LogP contribution in [-0.4, -0.2) is 7.11 Å². The van der Waals surface area contributed by atoms with E-state index in [1.165, 1.54) is 5.56 Å². The Balaban J connectivity index is 1.96. The molecule has 0 N–H and O–H groups in total. The van der Waals surface area contributed by atoms with Gasteiger partial charge < -0.3 is 4.74 Å². The normalized spacial score (nSPS) is 9.95. The highest BCUT2D eigenvalue weighted by molar-refractivity contribution is 5.50. The van der Waals surface area contributed by atoms with Gasteiger partial charge in [0, 0.05) is 6.42 Å². The first kappa shape index (κ1) is 13.0. The van der Waals surface area contributed by atoms with Gasteiger partial charge in [0.25, 0.3) is 0 Å². The van der Waals surface area contributed by atoms with Gasteiger partial charge in [-0.3, -0.25) is 0 Å². The Kier molecular flexibility index (Phi) is 4.84. The summed E-state index contributed by atoms with van der Waals surface area (Å²) < 4.78 is 5.25. The van der Waals surface area contributed by atoms with Gasteiger partial charge in [-0.05, 0) is 17.7 Å². The highest BCUT2D eigenvalue weighted by Crippen LogP contribution is 2.15. The second-order valence-corrected chi connectivity index (χ2v) is 4.02. The third-order valence-corrected chi connectivity index (χ3v) is 2.66.